The van der Waals surface area contributed by atoms with E-state index in [1.54, 1.807) is 0 Å². The van der Waals surface area contributed by atoms with Crippen LogP contribution in [-0.4, -0.2) is 30.8 Å². The summed E-state index contributed by atoms with van der Waals surface area (Å²) in [6.45, 7) is 6.98. The van der Waals surface area contributed by atoms with E-state index in [4.69, 9.17) is 0 Å². The molecule has 0 aromatic heterocycles. The number of aliphatic hydroxyl groups is 1. The van der Waals surface area contributed by atoms with Crippen molar-refractivity contribution in [2.24, 2.45) is 5.92 Å². The third-order valence-corrected chi connectivity index (χ3v) is 4.14. The lowest BCUT2D eigenvalue weighted by atomic mass is 10.0. The molecule has 0 spiro atoms. The van der Waals surface area contributed by atoms with Crippen LogP contribution in [0.15, 0.2) is 18.2 Å². The Bertz CT molecular complexity index is 495. The number of nitrogens with zero attached hydrogens (tertiary/aromatic N) is 2. The SMILES string of the molecule is CCNCc1ccc(N2CCC(C)C2CO)c(C#N)c1. The standard InChI is InChI=1S/C16H23N3O/c1-3-18-10-13-4-5-15(14(8-13)9-17)19-7-6-12(2)16(19)11-20/h4-5,8,12,16,18,20H,3,6-7,10-11H2,1-2H3. The Labute approximate surface area is 121 Å². The predicted molar refractivity (Wildman–Crippen MR) is 80.5 cm³/mol. The first kappa shape index (κ1) is 14.8. The molecule has 2 unspecified atom stereocenters. The fourth-order valence-electron chi connectivity index (χ4n) is 2.89. The van der Waals surface area contributed by atoms with Gasteiger partial charge in [-0.05, 0) is 36.6 Å². The van der Waals surface area contributed by atoms with Crippen LogP contribution in [0, 0.1) is 17.2 Å². The molecule has 1 saturated heterocycles. The van der Waals surface area contributed by atoms with Crippen LogP contribution in [0.5, 0.6) is 0 Å². The molecule has 1 aliphatic heterocycles. The van der Waals surface area contributed by atoms with Gasteiger partial charge in [-0.15, -0.1) is 0 Å². The van der Waals surface area contributed by atoms with Crippen molar-refractivity contribution in [2.75, 3.05) is 24.6 Å². The van der Waals surface area contributed by atoms with Crippen LogP contribution in [0.1, 0.15) is 31.4 Å². The normalized spacial score (nSPS) is 22.0. The lowest BCUT2D eigenvalue weighted by Crippen LogP contribution is -2.35. The molecule has 1 heterocycles. The summed E-state index contributed by atoms with van der Waals surface area (Å²) in [6.07, 6.45) is 1.06. The molecule has 2 N–H and O–H groups in total. The summed E-state index contributed by atoms with van der Waals surface area (Å²) < 4.78 is 0. The van der Waals surface area contributed by atoms with E-state index >= 15 is 0 Å². The average Bonchev–Trinajstić information content (AvgIpc) is 2.85. The van der Waals surface area contributed by atoms with Crippen molar-refractivity contribution in [3.05, 3.63) is 29.3 Å². The molecule has 0 saturated carbocycles. The minimum atomic E-state index is 0.127. The molecule has 20 heavy (non-hydrogen) atoms. The molecule has 2 rings (SSSR count). The van der Waals surface area contributed by atoms with E-state index in [2.05, 4.69) is 36.2 Å². The Morgan fingerprint density at radius 2 is 2.30 bits per heavy atom. The van der Waals surface area contributed by atoms with Gasteiger partial charge in [-0.25, -0.2) is 0 Å². The summed E-state index contributed by atoms with van der Waals surface area (Å²) in [5.74, 6) is 0.466. The summed E-state index contributed by atoms with van der Waals surface area (Å²) in [7, 11) is 0. The molecular formula is C16H23N3O. The zero-order chi connectivity index (χ0) is 14.5. The number of benzene rings is 1. The van der Waals surface area contributed by atoms with Gasteiger partial charge in [-0.1, -0.05) is 19.9 Å². The van der Waals surface area contributed by atoms with Gasteiger partial charge in [-0.3, -0.25) is 0 Å². The highest BCUT2D eigenvalue weighted by Crippen LogP contribution is 2.32. The molecule has 0 bridgehead atoms. The number of rotatable bonds is 5. The van der Waals surface area contributed by atoms with Gasteiger partial charge in [0.1, 0.15) is 6.07 Å². The van der Waals surface area contributed by atoms with Crippen LogP contribution >= 0.6 is 0 Å². The molecule has 0 amide bonds. The summed E-state index contributed by atoms with van der Waals surface area (Å²) in [5.41, 5.74) is 2.78. The maximum Gasteiger partial charge on any atom is 0.101 e. The zero-order valence-corrected chi connectivity index (χ0v) is 12.3. The van der Waals surface area contributed by atoms with E-state index in [-0.39, 0.29) is 12.6 Å². The Morgan fingerprint density at radius 1 is 1.50 bits per heavy atom. The van der Waals surface area contributed by atoms with Gasteiger partial charge in [-0.2, -0.15) is 5.26 Å². The summed E-state index contributed by atoms with van der Waals surface area (Å²) in [6, 6.07) is 8.46. The van der Waals surface area contributed by atoms with Gasteiger partial charge in [0.2, 0.25) is 0 Å². The Hall–Kier alpha value is -1.57. The van der Waals surface area contributed by atoms with Crippen molar-refractivity contribution >= 4 is 5.69 Å². The van der Waals surface area contributed by atoms with Crippen LogP contribution < -0.4 is 10.2 Å². The smallest absolute Gasteiger partial charge is 0.101 e. The number of nitrogens with one attached hydrogen (secondary N) is 1. The van der Waals surface area contributed by atoms with Gasteiger partial charge in [0.25, 0.3) is 0 Å². The quantitative estimate of drug-likeness (QED) is 0.860. The van der Waals surface area contributed by atoms with Gasteiger partial charge >= 0.3 is 0 Å². The van der Waals surface area contributed by atoms with Crippen LogP contribution in [0.4, 0.5) is 5.69 Å². The molecular weight excluding hydrogens is 250 g/mol. The van der Waals surface area contributed by atoms with Crippen LogP contribution in [-0.2, 0) is 6.54 Å². The van der Waals surface area contributed by atoms with E-state index in [9.17, 15) is 10.4 Å². The van der Waals surface area contributed by atoms with Crippen LogP contribution in [0.25, 0.3) is 0 Å². The molecule has 1 aromatic rings. The molecule has 0 radical (unpaired) electrons. The Morgan fingerprint density at radius 3 is 2.95 bits per heavy atom. The van der Waals surface area contributed by atoms with E-state index in [1.165, 1.54) is 0 Å². The molecule has 2 atom stereocenters. The average molecular weight is 273 g/mol. The first-order chi connectivity index (χ1) is 9.71. The van der Waals surface area contributed by atoms with E-state index in [0.29, 0.717) is 11.5 Å². The number of hydrogen-bond donors (Lipinski definition) is 2. The molecule has 1 aromatic carbocycles. The largest absolute Gasteiger partial charge is 0.394 e. The molecule has 0 aliphatic carbocycles. The summed E-state index contributed by atoms with van der Waals surface area (Å²) in [5, 5.41) is 22.2. The summed E-state index contributed by atoms with van der Waals surface area (Å²) in [4.78, 5) is 2.18. The van der Waals surface area contributed by atoms with E-state index in [0.717, 1.165) is 37.3 Å². The van der Waals surface area contributed by atoms with Crippen LogP contribution in [0.3, 0.4) is 0 Å². The van der Waals surface area contributed by atoms with Crippen molar-refractivity contribution < 1.29 is 5.11 Å². The van der Waals surface area contributed by atoms with Crippen molar-refractivity contribution in [3.8, 4) is 6.07 Å². The van der Waals surface area contributed by atoms with E-state index in [1.807, 2.05) is 12.1 Å². The topological polar surface area (TPSA) is 59.3 Å². The number of anilines is 1. The number of nitriles is 1. The van der Waals surface area contributed by atoms with Crippen molar-refractivity contribution in [1.29, 1.82) is 5.26 Å². The monoisotopic (exact) mass is 273 g/mol. The molecule has 1 fully saturated rings. The highest BCUT2D eigenvalue weighted by Gasteiger charge is 2.31. The van der Waals surface area contributed by atoms with Gasteiger partial charge in [0, 0.05) is 13.1 Å². The van der Waals surface area contributed by atoms with E-state index < -0.39 is 0 Å². The highest BCUT2D eigenvalue weighted by atomic mass is 16.3. The zero-order valence-electron chi connectivity index (χ0n) is 12.3. The summed E-state index contributed by atoms with van der Waals surface area (Å²) >= 11 is 0. The second-order valence-electron chi connectivity index (χ2n) is 5.45. The van der Waals surface area contributed by atoms with Crippen molar-refractivity contribution in [1.82, 2.24) is 5.32 Å². The Kier molecular flexibility index (Phi) is 4.99. The van der Waals surface area contributed by atoms with Crippen molar-refractivity contribution in [3.63, 3.8) is 0 Å². The second-order valence-corrected chi connectivity index (χ2v) is 5.45. The Balaban J connectivity index is 2.26. The lowest BCUT2D eigenvalue weighted by Gasteiger charge is -2.28. The fraction of sp³-hybridized carbons (Fsp3) is 0.562. The molecule has 1 aliphatic rings. The molecule has 4 heteroatoms. The first-order valence-electron chi connectivity index (χ1n) is 7.32. The third-order valence-electron chi connectivity index (χ3n) is 4.14. The van der Waals surface area contributed by atoms with Gasteiger partial charge in [0.15, 0.2) is 0 Å². The number of aliphatic hydroxyl groups excluding tert-OH is 1. The van der Waals surface area contributed by atoms with Gasteiger partial charge in [0.05, 0.1) is 23.9 Å². The lowest BCUT2D eigenvalue weighted by molar-refractivity contribution is 0.244. The predicted octanol–water partition coefficient (Wildman–Crippen LogP) is 1.87. The maximum absolute atomic E-state index is 9.57. The number of hydrogen-bond acceptors (Lipinski definition) is 4. The van der Waals surface area contributed by atoms with Crippen molar-refractivity contribution in [2.45, 2.75) is 32.9 Å². The molecule has 4 nitrogen and oxygen atoms in total. The van der Waals surface area contributed by atoms with Gasteiger partial charge < -0.3 is 15.3 Å². The fourth-order valence-corrected chi connectivity index (χ4v) is 2.89. The third kappa shape index (κ3) is 2.95. The minimum Gasteiger partial charge on any atom is -0.394 e. The minimum absolute atomic E-state index is 0.127. The highest BCUT2D eigenvalue weighted by molar-refractivity contribution is 5.61. The second kappa shape index (κ2) is 6.74. The van der Waals surface area contributed by atoms with Crippen LogP contribution in [0.2, 0.25) is 0 Å². The first-order valence-corrected chi connectivity index (χ1v) is 7.32. The molecule has 108 valence electrons. The maximum atomic E-state index is 9.57.